The van der Waals surface area contributed by atoms with E-state index in [1.807, 2.05) is 18.7 Å². The summed E-state index contributed by atoms with van der Waals surface area (Å²) in [5, 5.41) is 11.8. The van der Waals surface area contributed by atoms with E-state index in [4.69, 9.17) is 16.2 Å². The summed E-state index contributed by atoms with van der Waals surface area (Å²) >= 11 is 0. The summed E-state index contributed by atoms with van der Waals surface area (Å²) in [4.78, 5) is 24.5. The molecule has 1 saturated heterocycles. The summed E-state index contributed by atoms with van der Waals surface area (Å²) in [6.45, 7) is 6.31. The summed E-state index contributed by atoms with van der Waals surface area (Å²) in [6, 6.07) is 2.26. The number of nitrogen functional groups attached to an aromatic ring is 2. The Balaban J connectivity index is 1.63. The van der Waals surface area contributed by atoms with E-state index in [0.717, 1.165) is 41.8 Å². The SMILES string of the molecule is Cc1cc(N)c([N+](=O)[O-])c(N2CCc3c(N)nc(OC[C@@H]4CCCN4C)nc3C2)c1C. The van der Waals surface area contributed by atoms with Crippen molar-refractivity contribution in [3.8, 4) is 6.01 Å². The van der Waals surface area contributed by atoms with Crippen LogP contribution in [0.5, 0.6) is 6.01 Å². The maximum absolute atomic E-state index is 11.8. The van der Waals surface area contributed by atoms with E-state index in [2.05, 4.69) is 21.9 Å². The van der Waals surface area contributed by atoms with Crippen molar-refractivity contribution in [1.82, 2.24) is 14.9 Å². The molecule has 0 saturated carbocycles. The molecule has 4 N–H and O–H groups in total. The van der Waals surface area contributed by atoms with Crippen molar-refractivity contribution in [2.75, 3.05) is 43.1 Å². The van der Waals surface area contributed by atoms with Gasteiger partial charge in [0.15, 0.2) is 0 Å². The fourth-order valence-electron chi connectivity index (χ4n) is 4.54. The van der Waals surface area contributed by atoms with Gasteiger partial charge in [0.2, 0.25) is 0 Å². The molecule has 1 fully saturated rings. The fraction of sp³-hybridized carbons (Fsp3) is 0.524. The fourth-order valence-corrected chi connectivity index (χ4v) is 4.54. The first-order valence-corrected chi connectivity index (χ1v) is 10.5. The molecule has 4 rings (SSSR count). The molecule has 2 aromatic rings. The van der Waals surface area contributed by atoms with Crippen molar-refractivity contribution < 1.29 is 9.66 Å². The third-order valence-electron chi connectivity index (χ3n) is 6.47. The molecule has 166 valence electrons. The predicted octanol–water partition coefficient (Wildman–Crippen LogP) is 2.20. The first-order valence-electron chi connectivity index (χ1n) is 10.5. The molecule has 10 heteroatoms. The number of nitro groups is 1. The Morgan fingerprint density at radius 1 is 1.29 bits per heavy atom. The Morgan fingerprint density at radius 2 is 2.06 bits per heavy atom. The highest BCUT2D eigenvalue weighted by molar-refractivity contribution is 5.80. The lowest BCUT2D eigenvalue weighted by atomic mass is 10.00. The monoisotopic (exact) mass is 427 g/mol. The molecule has 0 radical (unpaired) electrons. The van der Waals surface area contributed by atoms with E-state index in [0.29, 0.717) is 43.7 Å². The molecule has 0 unspecified atom stereocenters. The summed E-state index contributed by atoms with van der Waals surface area (Å²) in [5.41, 5.74) is 16.2. The van der Waals surface area contributed by atoms with E-state index >= 15 is 0 Å². The highest BCUT2D eigenvalue weighted by Crippen LogP contribution is 2.41. The number of ether oxygens (including phenoxy) is 1. The zero-order chi connectivity index (χ0) is 22.3. The molecule has 0 aliphatic carbocycles. The minimum Gasteiger partial charge on any atom is -0.462 e. The molecular formula is C21H29N7O3. The number of anilines is 3. The molecule has 0 spiro atoms. The second-order valence-electron chi connectivity index (χ2n) is 8.44. The van der Waals surface area contributed by atoms with E-state index in [1.54, 1.807) is 6.07 Å². The van der Waals surface area contributed by atoms with Crippen LogP contribution in [-0.4, -0.2) is 52.6 Å². The topological polar surface area (TPSA) is 137 Å². The van der Waals surface area contributed by atoms with Gasteiger partial charge in [0.1, 0.15) is 23.8 Å². The predicted molar refractivity (Wildman–Crippen MR) is 119 cm³/mol. The van der Waals surface area contributed by atoms with Crippen LogP contribution in [0.1, 0.15) is 35.2 Å². The van der Waals surface area contributed by atoms with Crippen molar-refractivity contribution in [3.05, 3.63) is 38.6 Å². The number of benzene rings is 1. The normalized spacial score (nSPS) is 18.8. The van der Waals surface area contributed by atoms with Gasteiger partial charge in [0, 0.05) is 18.2 Å². The van der Waals surface area contributed by atoms with Crippen LogP contribution < -0.4 is 21.1 Å². The Hall–Kier alpha value is -3.14. The van der Waals surface area contributed by atoms with E-state index in [1.165, 1.54) is 0 Å². The Kier molecular flexibility index (Phi) is 5.57. The van der Waals surface area contributed by atoms with Gasteiger partial charge in [-0.1, -0.05) is 0 Å². The van der Waals surface area contributed by atoms with Gasteiger partial charge in [-0.25, -0.2) is 0 Å². The zero-order valence-electron chi connectivity index (χ0n) is 18.2. The average molecular weight is 428 g/mol. The van der Waals surface area contributed by atoms with Gasteiger partial charge in [-0.2, -0.15) is 9.97 Å². The molecule has 2 aliphatic heterocycles. The van der Waals surface area contributed by atoms with Crippen molar-refractivity contribution in [1.29, 1.82) is 0 Å². The number of likely N-dealkylation sites (tertiary alicyclic amines) is 1. The largest absolute Gasteiger partial charge is 0.462 e. The van der Waals surface area contributed by atoms with Crippen LogP contribution in [0, 0.1) is 24.0 Å². The van der Waals surface area contributed by atoms with Crippen molar-refractivity contribution in [2.24, 2.45) is 0 Å². The van der Waals surface area contributed by atoms with Crippen LogP contribution in [0.3, 0.4) is 0 Å². The summed E-state index contributed by atoms with van der Waals surface area (Å²) in [5.74, 6) is 0.411. The Labute approximate surface area is 181 Å². The minimum absolute atomic E-state index is 0.0608. The number of nitrogens with zero attached hydrogens (tertiary/aromatic N) is 5. The summed E-state index contributed by atoms with van der Waals surface area (Å²) < 4.78 is 5.88. The minimum atomic E-state index is -0.409. The highest BCUT2D eigenvalue weighted by atomic mass is 16.6. The first kappa shape index (κ1) is 21.1. The van der Waals surface area contributed by atoms with Gasteiger partial charge in [-0.05, 0) is 63.9 Å². The quantitative estimate of drug-likeness (QED) is 0.418. The third-order valence-corrected chi connectivity index (χ3v) is 6.47. The van der Waals surface area contributed by atoms with Crippen LogP contribution in [-0.2, 0) is 13.0 Å². The van der Waals surface area contributed by atoms with Crippen LogP contribution >= 0.6 is 0 Å². The Morgan fingerprint density at radius 3 is 2.74 bits per heavy atom. The van der Waals surface area contributed by atoms with Gasteiger partial charge in [0.05, 0.1) is 17.2 Å². The number of aromatic nitrogens is 2. The molecule has 2 aliphatic rings. The summed E-state index contributed by atoms with van der Waals surface area (Å²) in [7, 11) is 2.09. The molecule has 10 nitrogen and oxygen atoms in total. The number of hydrogen-bond acceptors (Lipinski definition) is 9. The van der Waals surface area contributed by atoms with E-state index in [-0.39, 0.29) is 17.4 Å². The number of hydrogen-bond donors (Lipinski definition) is 2. The molecule has 0 amide bonds. The zero-order valence-corrected chi connectivity index (χ0v) is 18.2. The summed E-state index contributed by atoms with van der Waals surface area (Å²) in [6.07, 6.45) is 2.84. The lowest BCUT2D eigenvalue weighted by molar-refractivity contribution is -0.383. The van der Waals surface area contributed by atoms with E-state index < -0.39 is 4.92 Å². The number of nitrogens with two attached hydrogens (primary N) is 2. The second kappa shape index (κ2) is 8.18. The van der Waals surface area contributed by atoms with Crippen molar-refractivity contribution in [2.45, 2.75) is 45.7 Å². The van der Waals surface area contributed by atoms with Crippen LogP contribution in [0.4, 0.5) is 22.9 Å². The number of nitro benzene ring substituents is 1. The highest BCUT2D eigenvalue weighted by Gasteiger charge is 2.31. The number of aryl methyl sites for hydroxylation is 1. The maximum Gasteiger partial charge on any atom is 0.318 e. The van der Waals surface area contributed by atoms with Crippen LogP contribution in [0.15, 0.2) is 6.07 Å². The van der Waals surface area contributed by atoms with Crippen molar-refractivity contribution in [3.63, 3.8) is 0 Å². The van der Waals surface area contributed by atoms with E-state index in [9.17, 15) is 10.1 Å². The third kappa shape index (κ3) is 3.95. The molecular weight excluding hydrogens is 398 g/mol. The van der Waals surface area contributed by atoms with Crippen LogP contribution in [0.25, 0.3) is 0 Å². The number of rotatable bonds is 5. The van der Waals surface area contributed by atoms with Crippen LogP contribution in [0.2, 0.25) is 0 Å². The molecule has 1 aromatic carbocycles. The lowest BCUT2D eigenvalue weighted by Crippen LogP contribution is -2.34. The smallest absolute Gasteiger partial charge is 0.318 e. The van der Waals surface area contributed by atoms with Gasteiger partial charge in [-0.15, -0.1) is 0 Å². The van der Waals surface area contributed by atoms with Gasteiger partial charge >= 0.3 is 11.7 Å². The second-order valence-corrected chi connectivity index (χ2v) is 8.44. The molecule has 1 aromatic heterocycles. The maximum atomic E-state index is 11.8. The number of fused-ring (bicyclic) bond motifs is 1. The molecule has 3 heterocycles. The average Bonchev–Trinajstić information content (AvgIpc) is 3.13. The molecule has 1 atom stereocenters. The lowest BCUT2D eigenvalue weighted by Gasteiger charge is -2.32. The standard InChI is InChI=1S/C21H29N7O3/c1-12-9-16(22)19(28(29)30)18(13(12)2)27-8-6-15-17(10-27)24-21(25-20(15)23)31-11-14-5-4-7-26(14)3/h9,14H,4-8,10-11,22H2,1-3H3,(H2,23,24,25)/t14-/m0/s1. The van der Waals surface area contributed by atoms with Gasteiger partial charge in [-0.3, -0.25) is 10.1 Å². The Bertz CT molecular complexity index is 1030. The first-order chi connectivity index (χ1) is 14.8. The van der Waals surface area contributed by atoms with Gasteiger partial charge in [0.25, 0.3) is 0 Å². The number of likely N-dealkylation sites (N-methyl/N-ethyl adjacent to an activating group) is 1. The van der Waals surface area contributed by atoms with Gasteiger partial charge < -0.3 is 26.0 Å². The van der Waals surface area contributed by atoms with Crippen molar-refractivity contribution >= 4 is 22.9 Å². The molecule has 31 heavy (non-hydrogen) atoms. The molecule has 0 bridgehead atoms.